The molecule has 3 heterocycles. The van der Waals surface area contributed by atoms with E-state index >= 15 is 0 Å². The number of nitrogens with zero attached hydrogens (tertiary/aromatic N) is 5. The first kappa shape index (κ1) is 26.8. The minimum absolute atomic E-state index is 0.0474. The zero-order valence-electron chi connectivity index (χ0n) is 22.8. The Bertz CT molecular complexity index is 1360. The average Bonchev–Trinajstić information content (AvgIpc) is 2.94. The molecule has 0 radical (unpaired) electrons. The van der Waals surface area contributed by atoms with Crippen molar-refractivity contribution < 1.29 is 19.5 Å². The predicted molar refractivity (Wildman–Crippen MR) is 148 cm³/mol. The summed E-state index contributed by atoms with van der Waals surface area (Å²) in [6, 6.07) is 8.87. The summed E-state index contributed by atoms with van der Waals surface area (Å²) in [7, 11) is 0. The number of aliphatic carboxylic acids is 1. The number of rotatable bonds is 8. The maximum atomic E-state index is 14.0. The zero-order chi connectivity index (χ0) is 27.6. The fraction of sp³-hybridized carbons (Fsp3) is 0.633. The number of hydrogen-bond donors (Lipinski definition) is 1. The lowest BCUT2D eigenvalue weighted by molar-refractivity contribution is -0.129. The predicted octanol–water partition coefficient (Wildman–Crippen LogP) is 4.23. The summed E-state index contributed by atoms with van der Waals surface area (Å²) in [4.78, 5) is 38.5. The fourth-order valence-corrected chi connectivity index (χ4v) is 8.22. The Morgan fingerprint density at radius 3 is 2.38 bits per heavy atom. The topological polar surface area (TPSA) is 130 Å². The van der Waals surface area contributed by atoms with E-state index in [9.17, 15) is 14.7 Å². The number of aromatic nitrogens is 2. The van der Waals surface area contributed by atoms with Crippen molar-refractivity contribution in [1.29, 1.82) is 5.26 Å². The van der Waals surface area contributed by atoms with Gasteiger partial charge in [-0.25, -0.2) is 9.78 Å². The minimum Gasteiger partial charge on any atom is -0.476 e. The van der Waals surface area contributed by atoms with E-state index in [0.29, 0.717) is 29.2 Å². The van der Waals surface area contributed by atoms with Crippen LogP contribution in [0.15, 0.2) is 34.2 Å². The molecule has 4 unspecified atom stereocenters. The second kappa shape index (κ2) is 11.6. The molecule has 2 saturated carbocycles. The highest BCUT2D eigenvalue weighted by Crippen LogP contribution is 2.47. The third-order valence-electron chi connectivity index (χ3n) is 9.61. The van der Waals surface area contributed by atoms with E-state index < -0.39 is 17.2 Å². The number of carbonyl (C=O) groups is 1. The normalized spacial score (nSPS) is 30.4. The SMILES string of the molecule is N#COCCO/N=C(\C(=O)O)c1nc2ccccc2n(C2CC3CCCC(C2)N3C2CC3CCCC(C3)C2)c1=O. The van der Waals surface area contributed by atoms with E-state index in [2.05, 4.69) is 19.8 Å². The highest BCUT2D eigenvalue weighted by molar-refractivity contribution is 6.41. The summed E-state index contributed by atoms with van der Waals surface area (Å²) in [5.74, 6) is 0.336. The van der Waals surface area contributed by atoms with Crippen LogP contribution in [0, 0.1) is 23.4 Å². The highest BCUT2D eigenvalue weighted by Gasteiger charge is 2.45. The first-order valence-electron chi connectivity index (χ1n) is 14.8. The second-order valence-electron chi connectivity index (χ2n) is 12.0. The average molecular weight is 548 g/mol. The smallest absolute Gasteiger partial charge is 0.360 e. The molecule has 212 valence electrons. The van der Waals surface area contributed by atoms with Gasteiger partial charge in [0.15, 0.2) is 12.3 Å². The van der Waals surface area contributed by atoms with Gasteiger partial charge in [-0.1, -0.05) is 43.0 Å². The van der Waals surface area contributed by atoms with Crippen LogP contribution in [0.2, 0.25) is 0 Å². The lowest BCUT2D eigenvalue weighted by Crippen LogP contribution is -2.58. The molecule has 1 aromatic carbocycles. The van der Waals surface area contributed by atoms with Crippen LogP contribution in [0.4, 0.5) is 0 Å². The van der Waals surface area contributed by atoms with Crippen LogP contribution in [-0.2, 0) is 14.4 Å². The molecule has 6 rings (SSSR count). The summed E-state index contributed by atoms with van der Waals surface area (Å²) in [5, 5.41) is 22.1. The van der Waals surface area contributed by atoms with Crippen LogP contribution in [-0.4, -0.2) is 62.6 Å². The fourth-order valence-electron chi connectivity index (χ4n) is 8.22. The number of piperidine rings is 2. The van der Waals surface area contributed by atoms with E-state index in [1.807, 2.05) is 18.2 Å². The van der Waals surface area contributed by atoms with Crippen molar-refractivity contribution in [3.8, 4) is 6.26 Å². The van der Waals surface area contributed by atoms with Crippen LogP contribution < -0.4 is 5.56 Å². The molecule has 4 fully saturated rings. The van der Waals surface area contributed by atoms with Gasteiger partial charge >= 0.3 is 5.97 Å². The van der Waals surface area contributed by atoms with Crippen molar-refractivity contribution in [3.63, 3.8) is 0 Å². The van der Waals surface area contributed by atoms with Crippen LogP contribution in [0.5, 0.6) is 0 Å². The van der Waals surface area contributed by atoms with E-state index in [-0.39, 0.29) is 24.9 Å². The first-order valence-corrected chi connectivity index (χ1v) is 14.8. The van der Waals surface area contributed by atoms with Gasteiger partial charge in [0.25, 0.3) is 11.8 Å². The van der Waals surface area contributed by atoms with Gasteiger partial charge in [0.1, 0.15) is 6.61 Å². The van der Waals surface area contributed by atoms with Crippen LogP contribution >= 0.6 is 0 Å². The van der Waals surface area contributed by atoms with Crippen molar-refractivity contribution >= 4 is 22.7 Å². The largest absolute Gasteiger partial charge is 0.476 e. The van der Waals surface area contributed by atoms with Gasteiger partial charge in [-0.05, 0) is 68.9 Å². The molecule has 4 atom stereocenters. The third kappa shape index (κ3) is 5.19. The molecular weight excluding hydrogens is 510 g/mol. The van der Waals surface area contributed by atoms with Gasteiger partial charge in [-0.3, -0.25) is 9.69 Å². The first-order chi connectivity index (χ1) is 19.5. The number of benzene rings is 1. The quantitative estimate of drug-likeness (QED) is 0.225. The minimum atomic E-state index is -1.40. The van der Waals surface area contributed by atoms with Crippen molar-refractivity contribution in [1.82, 2.24) is 14.5 Å². The van der Waals surface area contributed by atoms with Gasteiger partial charge in [-0.15, -0.1) is 0 Å². The van der Waals surface area contributed by atoms with Crippen molar-refractivity contribution in [2.45, 2.75) is 94.8 Å². The summed E-state index contributed by atoms with van der Waals surface area (Å²) < 4.78 is 6.33. The molecule has 4 bridgehead atoms. The maximum Gasteiger partial charge on any atom is 0.360 e. The number of fused-ring (bicyclic) bond motifs is 5. The maximum absolute atomic E-state index is 14.0. The van der Waals surface area contributed by atoms with E-state index in [0.717, 1.165) is 37.5 Å². The molecule has 10 heteroatoms. The summed E-state index contributed by atoms with van der Waals surface area (Å²) in [6.45, 7) is -0.205. The molecule has 2 aliphatic carbocycles. The monoisotopic (exact) mass is 547 g/mol. The molecule has 40 heavy (non-hydrogen) atoms. The highest BCUT2D eigenvalue weighted by atomic mass is 16.6. The molecule has 1 N–H and O–H groups in total. The Labute approximate surface area is 233 Å². The molecule has 2 aliphatic heterocycles. The Morgan fingerprint density at radius 2 is 1.68 bits per heavy atom. The number of para-hydroxylation sites is 2. The van der Waals surface area contributed by atoms with Gasteiger partial charge in [0.2, 0.25) is 5.71 Å². The number of hydrogen-bond acceptors (Lipinski definition) is 8. The second-order valence-corrected chi connectivity index (χ2v) is 12.0. The van der Waals surface area contributed by atoms with Crippen LogP contribution in [0.1, 0.15) is 82.4 Å². The Kier molecular flexibility index (Phi) is 7.74. The summed E-state index contributed by atoms with van der Waals surface area (Å²) in [6.07, 6.45) is 14.9. The molecule has 10 nitrogen and oxygen atoms in total. The van der Waals surface area contributed by atoms with E-state index in [4.69, 9.17) is 10.1 Å². The molecule has 0 amide bonds. The van der Waals surface area contributed by atoms with E-state index in [1.54, 1.807) is 10.6 Å². The zero-order valence-corrected chi connectivity index (χ0v) is 22.8. The third-order valence-corrected chi connectivity index (χ3v) is 9.61. The molecule has 2 saturated heterocycles. The number of carboxylic acid groups (broad SMARTS) is 1. The number of carboxylic acids is 1. The van der Waals surface area contributed by atoms with E-state index in [1.165, 1.54) is 51.2 Å². The number of nitriles is 1. The molecule has 1 aromatic heterocycles. The Balaban J connectivity index is 1.33. The van der Waals surface area contributed by atoms with Crippen molar-refractivity contribution in [2.24, 2.45) is 17.0 Å². The van der Waals surface area contributed by atoms with Gasteiger partial charge in [0.05, 0.1) is 11.0 Å². The van der Waals surface area contributed by atoms with Gasteiger partial charge < -0.3 is 19.2 Å². The summed E-state index contributed by atoms with van der Waals surface area (Å²) in [5.41, 5.74) is 0.0213. The van der Waals surface area contributed by atoms with Crippen molar-refractivity contribution in [2.75, 3.05) is 13.2 Å². The molecule has 4 aliphatic rings. The molecular formula is C30H37N5O5. The van der Waals surface area contributed by atoms with Crippen LogP contribution in [0.3, 0.4) is 0 Å². The standard InChI is InChI=1S/C30H37N5O5/c31-18-39-11-12-40-33-28(30(37)38)27-29(36)35(26-10-2-1-9-25(26)32-27)24-16-21-7-4-8-22(17-24)34(21)23-14-19-5-3-6-20(13-19)15-23/h1-2,9-10,19-24H,3-8,11-17H2,(H,37,38)/b33-28-. The molecule has 0 spiro atoms. The lowest BCUT2D eigenvalue weighted by Gasteiger charge is -2.55. The summed E-state index contributed by atoms with van der Waals surface area (Å²) >= 11 is 0. The van der Waals surface area contributed by atoms with Crippen molar-refractivity contribution in [3.05, 3.63) is 40.3 Å². The molecule has 2 aromatic rings. The van der Waals surface area contributed by atoms with Crippen LogP contribution in [0.25, 0.3) is 11.0 Å². The Morgan fingerprint density at radius 1 is 0.975 bits per heavy atom. The number of oxime groups is 1. The van der Waals surface area contributed by atoms with Gasteiger partial charge in [-0.2, -0.15) is 5.26 Å². The number of ether oxygens (including phenoxy) is 1. The Hall–Kier alpha value is -3.45. The van der Waals surface area contributed by atoms with Gasteiger partial charge in [0, 0.05) is 24.2 Å². The lowest BCUT2D eigenvalue weighted by atomic mass is 9.68.